The third kappa shape index (κ3) is 5.80. The first-order valence-electron chi connectivity index (χ1n) is 7.09. The Morgan fingerprint density at radius 3 is 2.79 bits per heavy atom. The molecule has 1 aromatic rings. The number of hydrogen-bond acceptors (Lipinski definition) is 2. The number of hydrogen-bond donors (Lipinski definition) is 0. The molecule has 0 bridgehead atoms. The molecule has 3 heteroatoms. The van der Waals surface area contributed by atoms with Crippen LogP contribution in [0, 0.1) is 47.8 Å². The molecule has 2 atom stereocenters. The molecule has 104 valence electrons. The minimum absolute atomic E-state index is 0. The summed E-state index contributed by atoms with van der Waals surface area (Å²) < 4.78 is 5.88. The summed E-state index contributed by atoms with van der Waals surface area (Å²) in [6.45, 7) is 7.75. The molecule has 0 radical (unpaired) electrons. The maximum atomic E-state index is 5.88. The Bertz CT molecular complexity index is 344. The summed E-state index contributed by atoms with van der Waals surface area (Å²) in [6, 6.07) is 11.8. The van der Waals surface area contributed by atoms with Crippen LogP contribution in [0.25, 0.3) is 0 Å². The average molecular weight is 386 g/mol. The fourth-order valence-electron chi connectivity index (χ4n) is 2.62. The summed E-state index contributed by atoms with van der Waals surface area (Å²) in [4.78, 5) is 2.57. The summed E-state index contributed by atoms with van der Waals surface area (Å²) in [7, 11) is 0. The molecule has 1 aliphatic rings. The maximum absolute atomic E-state index is 5.88. The number of ether oxygens (including phenoxy) is 1. The van der Waals surface area contributed by atoms with Gasteiger partial charge in [0.05, 0.1) is 6.10 Å². The van der Waals surface area contributed by atoms with Gasteiger partial charge in [-0.05, 0) is 39.7 Å². The molecule has 0 amide bonds. The Kier molecular flexibility index (Phi) is 8.74. The van der Waals surface area contributed by atoms with E-state index in [-0.39, 0.29) is 47.9 Å². The first-order chi connectivity index (χ1) is 8.77. The number of nitrogens with zero attached hydrogens (tertiary/aromatic N) is 1. The number of rotatable bonds is 6. The predicted molar refractivity (Wildman–Crippen MR) is 74.5 cm³/mol. The molecule has 1 saturated heterocycles. The van der Waals surface area contributed by atoms with Crippen LogP contribution in [0.1, 0.15) is 44.8 Å². The van der Waals surface area contributed by atoms with Crippen LogP contribution in [0.2, 0.25) is 0 Å². The minimum atomic E-state index is 0. The van der Waals surface area contributed by atoms with Gasteiger partial charge in [0, 0.05) is 60.9 Å². The van der Waals surface area contributed by atoms with Crippen LogP contribution in [0.3, 0.4) is 0 Å². The van der Waals surface area contributed by atoms with Gasteiger partial charge in [-0.25, -0.2) is 0 Å². The molecule has 19 heavy (non-hydrogen) atoms. The molecular weight excluding hydrogens is 362 g/mol. The average Bonchev–Trinajstić information content (AvgIpc) is 2.81. The molecule has 1 aliphatic heterocycles. The Hall–Kier alpha value is 0.517. The van der Waals surface area contributed by atoms with Gasteiger partial charge in [-0.1, -0.05) is 0 Å². The molecule has 0 N–H and O–H groups in total. The van der Waals surface area contributed by atoms with Crippen molar-refractivity contribution in [3.05, 3.63) is 35.9 Å². The third-order valence-electron chi connectivity index (χ3n) is 3.86. The second kappa shape index (κ2) is 9.45. The van der Waals surface area contributed by atoms with E-state index in [4.69, 9.17) is 4.74 Å². The van der Waals surface area contributed by atoms with Gasteiger partial charge in [-0.15, -0.1) is 5.56 Å². The molecular formula is C16H24CeNO-. The topological polar surface area (TPSA) is 12.5 Å². The van der Waals surface area contributed by atoms with Gasteiger partial charge in [-0.2, -0.15) is 30.3 Å². The largest absolute Gasteiger partial charge is 0.376 e. The van der Waals surface area contributed by atoms with E-state index in [9.17, 15) is 0 Å². The second-order valence-corrected chi connectivity index (χ2v) is 5.23. The van der Waals surface area contributed by atoms with E-state index in [1.165, 1.54) is 31.5 Å². The van der Waals surface area contributed by atoms with E-state index in [0.29, 0.717) is 0 Å². The van der Waals surface area contributed by atoms with Crippen LogP contribution in [0.15, 0.2) is 24.3 Å². The van der Waals surface area contributed by atoms with Gasteiger partial charge in [0.15, 0.2) is 0 Å². The van der Waals surface area contributed by atoms with Gasteiger partial charge in [-0.3, -0.25) is 0 Å². The molecule has 0 aromatic heterocycles. The summed E-state index contributed by atoms with van der Waals surface area (Å²) in [6.07, 6.45) is 4.04. The van der Waals surface area contributed by atoms with E-state index in [1.54, 1.807) is 0 Å². The normalized spacial score (nSPS) is 21.1. The van der Waals surface area contributed by atoms with Crippen molar-refractivity contribution in [3.63, 3.8) is 0 Å². The first-order valence-corrected chi connectivity index (χ1v) is 7.09. The monoisotopic (exact) mass is 386 g/mol. The van der Waals surface area contributed by atoms with Crippen molar-refractivity contribution in [1.29, 1.82) is 0 Å². The summed E-state index contributed by atoms with van der Waals surface area (Å²) in [5, 5.41) is 0. The zero-order valence-electron chi connectivity index (χ0n) is 12.1. The minimum Gasteiger partial charge on any atom is -0.376 e. The molecule has 1 aromatic carbocycles. The third-order valence-corrected chi connectivity index (χ3v) is 3.86. The van der Waals surface area contributed by atoms with Gasteiger partial charge in [0.1, 0.15) is 0 Å². The van der Waals surface area contributed by atoms with Crippen molar-refractivity contribution in [2.24, 2.45) is 0 Å². The molecule has 1 heterocycles. The fourth-order valence-corrected chi connectivity index (χ4v) is 2.62. The summed E-state index contributed by atoms with van der Waals surface area (Å²) in [5.41, 5.74) is 1.24. The molecule has 2 rings (SSSR count). The van der Waals surface area contributed by atoms with Gasteiger partial charge >= 0.3 is 0 Å². The second-order valence-electron chi connectivity index (χ2n) is 5.23. The van der Waals surface area contributed by atoms with Gasteiger partial charge in [0.25, 0.3) is 0 Å². The molecule has 2 unspecified atom stereocenters. The van der Waals surface area contributed by atoms with E-state index in [0.717, 1.165) is 19.1 Å². The van der Waals surface area contributed by atoms with Crippen LogP contribution in [0.4, 0.5) is 0 Å². The quantitative estimate of drug-likeness (QED) is 0.549. The van der Waals surface area contributed by atoms with Crippen molar-refractivity contribution in [3.8, 4) is 0 Å². The van der Waals surface area contributed by atoms with Crippen molar-refractivity contribution < 1.29 is 46.5 Å². The van der Waals surface area contributed by atoms with E-state index in [1.807, 2.05) is 12.1 Å². The van der Waals surface area contributed by atoms with Crippen LogP contribution >= 0.6 is 0 Å². The summed E-state index contributed by atoms with van der Waals surface area (Å²) in [5.74, 6) is 0. The Morgan fingerprint density at radius 1 is 1.42 bits per heavy atom. The number of benzene rings is 1. The standard InChI is InChI=1S/C16H24NO.Ce/c1-14-8-6-11-17(14)12-7-13-18-15(2)16-9-4-3-5-10-16;/h4-5,9-10,14-15H,6-8,11-13H2,1-2H3;/q-1;. The molecule has 2 nitrogen and oxygen atoms in total. The van der Waals surface area contributed by atoms with E-state index >= 15 is 0 Å². The Labute approximate surface area is 151 Å². The van der Waals surface area contributed by atoms with E-state index in [2.05, 4.69) is 36.9 Å². The Balaban J connectivity index is 0.00000180. The molecule has 0 aliphatic carbocycles. The first kappa shape index (κ1) is 17.6. The van der Waals surface area contributed by atoms with Crippen molar-refractivity contribution in [2.75, 3.05) is 19.7 Å². The van der Waals surface area contributed by atoms with Crippen molar-refractivity contribution in [1.82, 2.24) is 4.90 Å². The zero-order chi connectivity index (χ0) is 12.8. The van der Waals surface area contributed by atoms with E-state index < -0.39 is 0 Å². The number of likely N-dealkylation sites (tertiary alicyclic amines) is 1. The van der Waals surface area contributed by atoms with Crippen molar-refractivity contribution in [2.45, 2.75) is 45.3 Å². The zero-order valence-corrected chi connectivity index (χ0v) is 15.2. The molecule has 0 saturated carbocycles. The van der Waals surface area contributed by atoms with Crippen LogP contribution in [-0.4, -0.2) is 30.6 Å². The SMILES string of the molecule is CC(OCCCN1CCCC1C)c1cc[c-]cc1.[Ce]. The van der Waals surface area contributed by atoms with Gasteiger partial charge < -0.3 is 9.64 Å². The van der Waals surface area contributed by atoms with Crippen molar-refractivity contribution >= 4 is 0 Å². The Morgan fingerprint density at radius 2 is 2.16 bits per heavy atom. The predicted octanol–water partition coefficient (Wildman–Crippen LogP) is 3.44. The molecule has 0 spiro atoms. The molecule has 1 fully saturated rings. The van der Waals surface area contributed by atoms with Gasteiger partial charge in [0.2, 0.25) is 0 Å². The maximum Gasteiger partial charge on any atom is 0.0577 e. The van der Waals surface area contributed by atoms with Crippen LogP contribution < -0.4 is 0 Å². The summed E-state index contributed by atoms with van der Waals surface area (Å²) >= 11 is 0. The fraction of sp³-hybridized carbons (Fsp3) is 0.625. The van der Waals surface area contributed by atoms with Crippen LogP contribution in [0.5, 0.6) is 0 Å². The smallest absolute Gasteiger partial charge is 0.0577 e. The van der Waals surface area contributed by atoms with Crippen LogP contribution in [-0.2, 0) is 4.74 Å².